The van der Waals surface area contributed by atoms with Gasteiger partial charge in [-0.25, -0.2) is 0 Å². The summed E-state index contributed by atoms with van der Waals surface area (Å²) in [4.78, 5) is 0. The van der Waals surface area contributed by atoms with Crippen molar-refractivity contribution < 1.29 is 14.2 Å². The number of rotatable bonds is 5. The Hall–Kier alpha value is -2.42. The van der Waals surface area contributed by atoms with Crippen molar-refractivity contribution in [1.29, 1.82) is 0 Å². The number of hydrogen-bond acceptors (Lipinski definition) is 3. The maximum absolute atomic E-state index is 5.38. The summed E-state index contributed by atoms with van der Waals surface area (Å²) < 4.78 is 16.0. The molecule has 0 fully saturated rings. The van der Waals surface area contributed by atoms with Gasteiger partial charge in [-0.1, -0.05) is 24.3 Å². The van der Waals surface area contributed by atoms with Crippen molar-refractivity contribution in [2.24, 2.45) is 0 Å². The highest BCUT2D eigenvalue weighted by molar-refractivity contribution is 5.72. The number of ether oxygens (including phenoxy) is 3. The lowest BCUT2D eigenvalue weighted by molar-refractivity contribution is 0.388. The molecule has 0 aliphatic rings. The molecule has 3 nitrogen and oxygen atoms in total. The van der Waals surface area contributed by atoms with Gasteiger partial charge in [-0.05, 0) is 42.3 Å². The number of benzene rings is 2. The second kappa shape index (κ2) is 6.84. The van der Waals surface area contributed by atoms with Gasteiger partial charge in [0.25, 0.3) is 0 Å². The molecule has 110 valence electrons. The number of hydrogen-bond donors (Lipinski definition) is 0. The van der Waals surface area contributed by atoms with E-state index >= 15 is 0 Å². The molecule has 0 aromatic heterocycles. The molecule has 0 unspecified atom stereocenters. The van der Waals surface area contributed by atoms with Crippen LogP contribution in [0.2, 0.25) is 0 Å². The van der Waals surface area contributed by atoms with Gasteiger partial charge < -0.3 is 14.2 Å². The highest BCUT2D eigenvalue weighted by Crippen LogP contribution is 2.30. The first-order valence-corrected chi connectivity index (χ1v) is 6.72. The summed E-state index contributed by atoms with van der Waals surface area (Å²) in [6.45, 7) is 1.98. The minimum absolute atomic E-state index is 0.819. The Balaban J connectivity index is 2.31. The molecular formula is C18H20O3. The third kappa shape index (κ3) is 3.57. The lowest BCUT2D eigenvalue weighted by atomic mass is 10.1. The predicted octanol–water partition coefficient (Wildman–Crippen LogP) is 4.19. The van der Waals surface area contributed by atoms with Crippen molar-refractivity contribution in [3.63, 3.8) is 0 Å². The molecule has 0 atom stereocenters. The molecule has 0 saturated heterocycles. The lowest BCUT2D eigenvalue weighted by Gasteiger charge is -2.11. The molecule has 0 bridgehead atoms. The fraction of sp³-hybridized carbons (Fsp3) is 0.222. The first-order valence-electron chi connectivity index (χ1n) is 6.72. The first kappa shape index (κ1) is 15.0. The molecule has 0 amide bonds. The molecule has 3 heteroatoms. The summed E-state index contributed by atoms with van der Waals surface area (Å²) >= 11 is 0. The summed E-state index contributed by atoms with van der Waals surface area (Å²) in [7, 11) is 4.99. The molecule has 0 aliphatic heterocycles. The van der Waals surface area contributed by atoms with Crippen LogP contribution in [0.5, 0.6) is 17.2 Å². The Morgan fingerprint density at radius 3 is 1.95 bits per heavy atom. The fourth-order valence-electron chi connectivity index (χ4n) is 2.14. The second-order valence-corrected chi connectivity index (χ2v) is 4.66. The van der Waals surface area contributed by atoms with E-state index in [1.807, 2.05) is 55.5 Å². The standard InChI is InChI=1S/C18H20O3/c1-13-17(20-3)11-15(12-18(13)21-4)9-8-14-6-5-7-16(10-14)19-2/h5-12H,1-4H3/b9-8+. The molecular weight excluding hydrogens is 264 g/mol. The Bertz CT molecular complexity index is 620. The molecule has 2 aromatic rings. The Morgan fingerprint density at radius 2 is 1.38 bits per heavy atom. The summed E-state index contributed by atoms with van der Waals surface area (Å²) in [6.07, 6.45) is 4.06. The molecule has 2 rings (SSSR count). The molecule has 21 heavy (non-hydrogen) atoms. The molecule has 0 spiro atoms. The van der Waals surface area contributed by atoms with Crippen LogP contribution in [0.15, 0.2) is 36.4 Å². The van der Waals surface area contributed by atoms with E-state index in [0.717, 1.165) is 33.9 Å². The second-order valence-electron chi connectivity index (χ2n) is 4.66. The van der Waals surface area contributed by atoms with Crippen LogP contribution in [-0.2, 0) is 0 Å². The molecule has 0 heterocycles. The van der Waals surface area contributed by atoms with E-state index < -0.39 is 0 Å². The van der Waals surface area contributed by atoms with Crippen molar-refractivity contribution in [3.8, 4) is 17.2 Å². The highest BCUT2D eigenvalue weighted by Gasteiger charge is 2.06. The van der Waals surface area contributed by atoms with Gasteiger partial charge >= 0.3 is 0 Å². The van der Waals surface area contributed by atoms with Crippen LogP contribution in [0, 0.1) is 6.92 Å². The van der Waals surface area contributed by atoms with E-state index in [4.69, 9.17) is 14.2 Å². The van der Waals surface area contributed by atoms with Gasteiger partial charge in [0.1, 0.15) is 17.2 Å². The van der Waals surface area contributed by atoms with Gasteiger partial charge in [0.05, 0.1) is 21.3 Å². The summed E-state index contributed by atoms with van der Waals surface area (Å²) in [5, 5.41) is 0. The topological polar surface area (TPSA) is 27.7 Å². The molecule has 0 radical (unpaired) electrons. The zero-order valence-corrected chi connectivity index (χ0v) is 12.8. The maximum Gasteiger partial charge on any atom is 0.126 e. The minimum Gasteiger partial charge on any atom is -0.497 e. The Kier molecular flexibility index (Phi) is 4.88. The minimum atomic E-state index is 0.819. The summed E-state index contributed by atoms with van der Waals surface area (Å²) in [5.41, 5.74) is 3.10. The lowest BCUT2D eigenvalue weighted by Crippen LogP contribution is -1.93. The zero-order valence-electron chi connectivity index (χ0n) is 12.8. The van der Waals surface area contributed by atoms with Crippen LogP contribution in [0.3, 0.4) is 0 Å². The van der Waals surface area contributed by atoms with Crippen LogP contribution >= 0.6 is 0 Å². The Labute approximate surface area is 125 Å². The van der Waals surface area contributed by atoms with E-state index in [2.05, 4.69) is 0 Å². The van der Waals surface area contributed by atoms with E-state index in [-0.39, 0.29) is 0 Å². The van der Waals surface area contributed by atoms with Crippen LogP contribution in [-0.4, -0.2) is 21.3 Å². The van der Waals surface area contributed by atoms with Crippen molar-refractivity contribution in [1.82, 2.24) is 0 Å². The van der Waals surface area contributed by atoms with Crippen LogP contribution in [0.25, 0.3) is 12.2 Å². The van der Waals surface area contributed by atoms with Crippen LogP contribution in [0.1, 0.15) is 16.7 Å². The zero-order chi connectivity index (χ0) is 15.2. The van der Waals surface area contributed by atoms with Crippen molar-refractivity contribution in [2.45, 2.75) is 6.92 Å². The van der Waals surface area contributed by atoms with Crippen LogP contribution in [0.4, 0.5) is 0 Å². The van der Waals surface area contributed by atoms with Gasteiger partial charge in [-0.3, -0.25) is 0 Å². The first-order chi connectivity index (χ1) is 10.2. The third-order valence-corrected chi connectivity index (χ3v) is 3.34. The average Bonchev–Trinajstić information content (AvgIpc) is 2.54. The number of methoxy groups -OCH3 is 3. The monoisotopic (exact) mass is 284 g/mol. The fourth-order valence-corrected chi connectivity index (χ4v) is 2.14. The Morgan fingerprint density at radius 1 is 0.762 bits per heavy atom. The maximum atomic E-state index is 5.38. The van der Waals surface area contributed by atoms with Gasteiger partial charge in [-0.2, -0.15) is 0 Å². The predicted molar refractivity (Wildman–Crippen MR) is 86.2 cm³/mol. The van der Waals surface area contributed by atoms with Gasteiger partial charge in [0.15, 0.2) is 0 Å². The molecule has 2 aromatic carbocycles. The van der Waals surface area contributed by atoms with Gasteiger partial charge in [0.2, 0.25) is 0 Å². The molecule has 0 N–H and O–H groups in total. The highest BCUT2D eigenvalue weighted by atomic mass is 16.5. The SMILES string of the molecule is COc1cccc(/C=C/c2cc(OC)c(C)c(OC)c2)c1. The van der Waals surface area contributed by atoms with E-state index in [9.17, 15) is 0 Å². The average molecular weight is 284 g/mol. The summed E-state index contributed by atoms with van der Waals surface area (Å²) in [6, 6.07) is 11.9. The molecule has 0 saturated carbocycles. The molecule has 0 aliphatic carbocycles. The normalized spacial score (nSPS) is 10.7. The van der Waals surface area contributed by atoms with Crippen molar-refractivity contribution in [2.75, 3.05) is 21.3 Å². The van der Waals surface area contributed by atoms with Gasteiger partial charge in [-0.15, -0.1) is 0 Å². The smallest absolute Gasteiger partial charge is 0.126 e. The van der Waals surface area contributed by atoms with E-state index in [1.54, 1.807) is 21.3 Å². The van der Waals surface area contributed by atoms with Crippen molar-refractivity contribution >= 4 is 12.2 Å². The van der Waals surface area contributed by atoms with Gasteiger partial charge in [0, 0.05) is 5.56 Å². The summed E-state index contributed by atoms with van der Waals surface area (Å²) in [5.74, 6) is 2.48. The quantitative estimate of drug-likeness (QED) is 0.770. The third-order valence-electron chi connectivity index (χ3n) is 3.34. The van der Waals surface area contributed by atoms with Crippen LogP contribution < -0.4 is 14.2 Å². The largest absolute Gasteiger partial charge is 0.497 e. The van der Waals surface area contributed by atoms with E-state index in [1.165, 1.54) is 0 Å². The van der Waals surface area contributed by atoms with Crippen molar-refractivity contribution in [3.05, 3.63) is 53.1 Å². The van der Waals surface area contributed by atoms with E-state index in [0.29, 0.717) is 0 Å².